The van der Waals surface area contributed by atoms with Crippen LogP contribution in [0.25, 0.3) is 0 Å². The number of carbonyl (C=O) groups is 1. The Bertz CT molecular complexity index is 303. The van der Waals surface area contributed by atoms with Crippen LogP contribution in [0.15, 0.2) is 0 Å². The third kappa shape index (κ3) is 15.8. The largest absolute Gasteiger partial charge is 0.481 e. The van der Waals surface area contributed by atoms with Crippen LogP contribution in [0, 0.1) is 5.92 Å². The quantitative estimate of drug-likeness (QED) is 0.210. The van der Waals surface area contributed by atoms with Crippen molar-refractivity contribution >= 4 is 40.8 Å². The number of hydrogen-bond acceptors (Lipinski definition) is 1. The summed E-state index contributed by atoms with van der Waals surface area (Å²) in [6, 6.07) is 0. The number of aliphatic carboxylic acids is 1. The molecule has 1 unspecified atom stereocenters. The zero-order chi connectivity index (χ0) is 18.3. The summed E-state index contributed by atoms with van der Waals surface area (Å²) in [5, 5.41) is 8.60. The topological polar surface area (TPSA) is 37.3 Å². The van der Waals surface area contributed by atoms with Gasteiger partial charge in [0.25, 0.3) is 0 Å². The Balaban J connectivity index is 3.73. The van der Waals surface area contributed by atoms with E-state index >= 15 is 0 Å². The Kier molecular flexibility index (Phi) is 15.8. The molecule has 0 saturated carbocycles. The molecule has 1 atom stereocenters. The van der Waals surface area contributed by atoms with Crippen LogP contribution >= 0.6 is 34.8 Å². The van der Waals surface area contributed by atoms with E-state index in [9.17, 15) is 4.79 Å². The van der Waals surface area contributed by atoms with E-state index in [0.717, 1.165) is 51.4 Å². The molecular formula is C19H35Cl3O2. The predicted molar refractivity (Wildman–Crippen MR) is 106 cm³/mol. The van der Waals surface area contributed by atoms with E-state index in [-0.39, 0.29) is 12.3 Å². The average Bonchev–Trinajstić information content (AvgIpc) is 2.49. The molecule has 0 heterocycles. The van der Waals surface area contributed by atoms with Crippen molar-refractivity contribution in [3.8, 4) is 0 Å². The third-order valence-corrected chi connectivity index (χ3v) is 5.49. The van der Waals surface area contributed by atoms with Crippen LogP contribution in [0.1, 0.15) is 103 Å². The van der Waals surface area contributed by atoms with Crippen LogP contribution in [0.3, 0.4) is 0 Å². The molecule has 0 aliphatic heterocycles. The Morgan fingerprint density at radius 1 is 0.792 bits per heavy atom. The van der Waals surface area contributed by atoms with Crippen LogP contribution < -0.4 is 0 Å². The molecule has 0 rings (SSSR count). The third-order valence-electron chi connectivity index (χ3n) is 4.56. The molecule has 0 bridgehead atoms. The summed E-state index contributed by atoms with van der Waals surface area (Å²) in [6.07, 6.45) is 16.1. The van der Waals surface area contributed by atoms with Crippen LogP contribution in [0.4, 0.5) is 0 Å². The molecule has 5 heteroatoms. The van der Waals surface area contributed by atoms with Crippen molar-refractivity contribution in [3.63, 3.8) is 0 Å². The van der Waals surface area contributed by atoms with Gasteiger partial charge in [-0.3, -0.25) is 4.79 Å². The minimum Gasteiger partial charge on any atom is -0.481 e. The lowest BCUT2D eigenvalue weighted by atomic mass is 9.95. The lowest BCUT2D eigenvalue weighted by Crippen LogP contribution is -2.19. The normalized spacial score (nSPS) is 13.2. The van der Waals surface area contributed by atoms with Gasteiger partial charge in [-0.2, -0.15) is 0 Å². The second-order valence-corrected chi connectivity index (χ2v) is 9.22. The van der Waals surface area contributed by atoms with Crippen molar-refractivity contribution in [1.82, 2.24) is 0 Å². The first kappa shape index (κ1) is 24.3. The average molecular weight is 402 g/mol. The molecule has 0 fully saturated rings. The lowest BCUT2D eigenvalue weighted by molar-refractivity contribution is -0.137. The summed E-state index contributed by atoms with van der Waals surface area (Å²) < 4.78 is -1.16. The smallest absolute Gasteiger partial charge is 0.303 e. The van der Waals surface area contributed by atoms with Gasteiger partial charge >= 0.3 is 5.97 Å². The molecule has 0 aromatic heterocycles. The number of carboxylic acids is 1. The van der Waals surface area contributed by atoms with Crippen molar-refractivity contribution < 1.29 is 9.90 Å². The molecule has 1 N–H and O–H groups in total. The Morgan fingerprint density at radius 2 is 1.21 bits per heavy atom. The minimum absolute atomic E-state index is 0.136. The highest BCUT2D eigenvalue weighted by Crippen LogP contribution is 2.41. The standard InChI is InChI=1S/C19H35Cl3O2/c1-2-3-4-5-6-8-11-14-17(19(20,21)22)15-12-9-7-10-13-16-18(23)24/h17H,2-16H2,1H3,(H,23,24). The molecule has 0 aliphatic rings. The highest BCUT2D eigenvalue weighted by molar-refractivity contribution is 6.67. The predicted octanol–water partition coefficient (Wildman–Crippen LogP) is 7.93. The second-order valence-electron chi connectivity index (χ2n) is 6.85. The van der Waals surface area contributed by atoms with Gasteiger partial charge in [-0.25, -0.2) is 0 Å². The van der Waals surface area contributed by atoms with E-state index in [2.05, 4.69) is 6.92 Å². The van der Waals surface area contributed by atoms with E-state index in [1.807, 2.05) is 0 Å². The molecule has 0 amide bonds. The van der Waals surface area contributed by atoms with E-state index in [1.165, 1.54) is 38.5 Å². The molecule has 0 saturated heterocycles. The Hall–Kier alpha value is 0.340. The first-order valence-corrected chi connectivity index (χ1v) is 10.8. The molecule has 0 radical (unpaired) electrons. The number of halogens is 3. The Morgan fingerprint density at radius 3 is 1.62 bits per heavy atom. The van der Waals surface area contributed by atoms with Gasteiger partial charge in [-0.1, -0.05) is 112 Å². The first-order chi connectivity index (χ1) is 11.4. The van der Waals surface area contributed by atoms with Crippen molar-refractivity contribution in [2.45, 2.75) is 107 Å². The number of unbranched alkanes of at least 4 members (excludes halogenated alkanes) is 10. The fourth-order valence-corrected chi connectivity index (χ4v) is 3.67. The molecule has 0 aliphatic carbocycles. The maximum absolute atomic E-state index is 10.4. The van der Waals surface area contributed by atoms with Crippen molar-refractivity contribution in [3.05, 3.63) is 0 Å². The molecular weight excluding hydrogens is 367 g/mol. The lowest BCUT2D eigenvalue weighted by Gasteiger charge is -2.24. The maximum atomic E-state index is 10.4. The zero-order valence-corrected chi connectivity index (χ0v) is 17.4. The van der Waals surface area contributed by atoms with Crippen molar-refractivity contribution in [2.24, 2.45) is 5.92 Å². The highest BCUT2D eigenvalue weighted by atomic mass is 35.6. The minimum atomic E-state index is -1.16. The summed E-state index contributed by atoms with van der Waals surface area (Å²) in [5.41, 5.74) is 0. The number of rotatable bonds is 16. The number of carboxylic acid groups (broad SMARTS) is 1. The second kappa shape index (κ2) is 15.6. The van der Waals surface area contributed by atoms with E-state index in [1.54, 1.807) is 0 Å². The first-order valence-electron chi connectivity index (χ1n) is 9.66. The summed E-state index contributed by atoms with van der Waals surface area (Å²) >= 11 is 18.4. The van der Waals surface area contributed by atoms with Gasteiger partial charge < -0.3 is 5.11 Å². The monoisotopic (exact) mass is 400 g/mol. The molecule has 144 valence electrons. The Labute approximate surface area is 163 Å². The number of hydrogen-bond donors (Lipinski definition) is 1. The fourth-order valence-electron chi connectivity index (χ4n) is 3.02. The summed E-state index contributed by atoms with van der Waals surface area (Å²) in [7, 11) is 0. The van der Waals surface area contributed by atoms with Crippen LogP contribution in [-0.2, 0) is 4.79 Å². The van der Waals surface area contributed by atoms with Gasteiger partial charge in [-0.05, 0) is 19.3 Å². The number of alkyl halides is 3. The molecule has 2 nitrogen and oxygen atoms in total. The molecule has 24 heavy (non-hydrogen) atoms. The van der Waals surface area contributed by atoms with E-state index in [4.69, 9.17) is 39.9 Å². The molecule has 0 spiro atoms. The van der Waals surface area contributed by atoms with Crippen LogP contribution in [-0.4, -0.2) is 14.9 Å². The summed E-state index contributed by atoms with van der Waals surface area (Å²) in [5.74, 6) is -0.571. The van der Waals surface area contributed by atoms with Gasteiger partial charge in [0.15, 0.2) is 3.79 Å². The van der Waals surface area contributed by atoms with Gasteiger partial charge in [0, 0.05) is 12.3 Å². The maximum Gasteiger partial charge on any atom is 0.303 e. The summed E-state index contributed by atoms with van der Waals surface area (Å²) in [4.78, 5) is 10.4. The van der Waals surface area contributed by atoms with Crippen LogP contribution in [0.5, 0.6) is 0 Å². The molecule has 0 aromatic rings. The fraction of sp³-hybridized carbons (Fsp3) is 0.947. The van der Waals surface area contributed by atoms with Gasteiger partial charge in [0.2, 0.25) is 0 Å². The molecule has 0 aromatic carbocycles. The van der Waals surface area contributed by atoms with E-state index in [0.29, 0.717) is 0 Å². The van der Waals surface area contributed by atoms with Crippen molar-refractivity contribution in [2.75, 3.05) is 0 Å². The summed E-state index contributed by atoms with van der Waals surface area (Å²) in [6.45, 7) is 2.23. The SMILES string of the molecule is CCCCCCCCCC(CCCCCCCC(=O)O)C(Cl)(Cl)Cl. The van der Waals surface area contributed by atoms with E-state index < -0.39 is 9.76 Å². The van der Waals surface area contributed by atoms with Crippen molar-refractivity contribution in [1.29, 1.82) is 0 Å². The van der Waals surface area contributed by atoms with Gasteiger partial charge in [0.1, 0.15) is 0 Å². The van der Waals surface area contributed by atoms with Gasteiger partial charge in [0.05, 0.1) is 0 Å². The van der Waals surface area contributed by atoms with Crippen LogP contribution in [0.2, 0.25) is 0 Å². The zero-order valence-electron chi connectivity index (χ0n) is 15.2. The van der Waals surface area contributed by atoms with Gasteiger partial charge in [-0.15, -0.1) is 0 Å². The highest BCUT2D eigenvalue weighted by Gasteiger charge is 2.31.